The first-order chi connectivity index (χ1) is 9.15. The summed E-state index contributed by atoms with van der Waals surface area (Å²) in [6.07, 6.45) is 1.90. The number of aromatic amines is 2. The molecule has 102 valence electrons. The molecule has 0 amide bonds. The fraction of sp³-hybridized carbons (Fsp3) is 0.583. The average Bonchev–Trinajstić information content (AvgIpc) is 2.93. The smallest absolute Gasteiger partial charge is 0.279 e. The molecule has 0 aliphatic carbocycles. The second kappa shape index (κ2) is 4.75. The van der Waals surface area contributed by atoms with Crippen molar-refractivity contribution in [2.24, 2.45) is 5.92 Å². The molecule has 3 N–H and O–H groups in total. The van der Waals surface area contributed by atoms with Crippen LogP contribution in [0.5, 0.6) is 0 Å². The van der Waals surface area contributed by atoms with Gasteiger partial charge in [-0.1, -0.05) is 6.92 Å². The predicted molar refractivity (Wildman–Crippen MR) is 69.8 cm³/mol. The molecule has 7 nitrogen and oxygen atoms in total. The molecule has 2 aromatic heterocycles. The molecule has 1 aliphatic heterocycles. The van der Waals surface area contributed by atoms with E-state index in [4.69, 9.17) is 0 Å². The number of aliphatic hydroxyl groups excluding tert-OH is 1. The maximum atomic E-state index is 11.5. The first-order valence-corrected chi connectivity index (χ1v) is 6.46. The SMILES string of the molecule is C[C@@H]1CN(CCc2[nH]nc3c(=O)[nH]cnc23)C[C@@H]1O. The molecule has 19 heavy (non-hydrogen) atoms. The van der Waals surface area contributed by atoms with Crippen LogP contribution in [-0.4, -0.2) is 55.9 Å². The van der Waals surface area contributed by atoms with Gasteiger partial charge in [0, 0.05) is 26.1 Å². The topological polar surface area (TPSA) is 97.9 Å². The highest BCUT2D eigenvalue weighted by Crippen LogP contribution is 2.17. The van der Waals surface area contributed by atoms with Crippen LogP contribution in [0, 0.1) is 5.92 Å². The maximum absolute atomic E-state index is 11.5. The molecule has 0 aromatic carbocycles. The van der Waals surface area contributed by atoms with Crippen LogP contribution in [0.25, 0.3) is 11.0 Å². The molecule has 1 aliphatic rings. The molecule has 0 spiro atoms. The largest absolute Gasteiger partial charge is 0.391 e. The molecule has 0 saturated carbocycles. The van der Waals surface area contributed by atoms with Gasteiger partial charge in [0.1, 0.15) is 5.52 Å². The standard InChI is InChI=1S/C12H17N5O2/c1-7-4-17(5-9(7)18)3-2-8-10-11(16-15-8)12(19)14-6-13-10/h6-7,9,18H,2-5H2,1H3,(H,15,16)(H,13,14,19)/t7-,9+/m1/s1. The third-order valence-electron chi connectivity index (χ3n) is 3.74. The number of nitrogens with zero attached hydrogens (tertiary/aromatic N) is 3. The normalized spacial score (nSPS) is 24.3. The van der Waals surface area contributed by atoms with Crippen molar-refractivity contribution in [2.75, 3.05) is 19.6 Å². The van der Waals surface area contributed by atoms with Crippen LogP contribution in [0.4, 0.5) is 0 Å². The van der Waals surface area contributed by atoms with E-state index in [0.717, 1.165) is 25.2 Å². The summed E-state index contributed by atoms with van der Waals surface area (Å²) < 4.78 is 0. The number of nitrogens with one attached hydrogen (secondary N) is 2. The summed E-state index contributed by atoms with van der Waals surface area (Å²) in [5, 5.41) is 16.6. The second-order valence-corrected chi connectivity index (χ2v) is 5.19. The fourth-order valence-corrected chi connectivity index (χ4v) is 2.57. The Morgan fingerprint density at radius 2 is 2.32 bits per heavy atom. The number of aliphatic hydroxyl groups is 1. The number of H-pyrrole nitrogens is 2. The van der Waals surface area contributed by atoms with Crippen molar-refractivity contribution in [3.8, 4) is 0 Å². The molecule has 2 aromatic rings. The molecule has 7 heteroatoms. The Bertz CT molecular complexity index is 624. The minimum atomic E-state index is -0.237. The van der Waals surface area contributed by atoms with Crippen LogP contribution in [0.2, 0.25) is 0 Å². The summed E-state index contributed by atoms with van der Waals surface area (Å²) in [7, 11) is 0. The van der Waals surface area contributed by atoms with Crippen molar-refractivity contribution in [3.63, 3.8) is 0 Å². The lowest BCUT2D eigenvalue weighted by molar-refractivity contribution is 0.148. The van der Waals surface area contributed by atoms with Crippen LogP contribution in [0.1, 0.15) is 12.6 Å². The number of hydrogen-bond donors (Lipinski definition) is 3. The average molecular weight is 263 g/mol. The quantitative estimate of drug-likeness (QED) is 0.693. The molecular formula is C12H17N5O2. The van der Waals surface area contributed by atoms with Crippen molar-refractivity contribution in [2.45, 2.75) is 19.4 Å². The Morgan fingerprint density at radius 1 is 1.47 bits per heavy atom. The van der Waals surface area contributed by atoms with E-state index in [-0.39, 0.29) is 11.7 Å². The molecule has 1 saturated heterocycles. The molecule has 3 rings (SSSR count). The number of likely N-dealkylation sites (tertiary alicyclic amines) is 1. The van der Waals surface area contributed by atoms with Crippen LogP contribution in [-0.2, 0) is 6.42 Å². The summed E-state index contributed by atoms with van der Waals surface area (Å²) in [5.74, 6) is 0.319. The van der Waals surface area contributed by atoms with Gasteiger partial charge in [-0.15, -0.1) is 0 Å². The number of β-amino-alcohol motifs (C(OH)–C–C–N with tert-alkyl or cyclic N) is 1. The highest BCUT2D eigenvalue weighted by atomic mass is 16.3. The number of aromatic nitrogens is 4. The van der Waals surface area contributed by atoms with Gasteiger partial charge in [-0.25, -0.2) is 4.98 Å². The van der Waals surface area contributed by atoms with E-state index in [1.54, 1.807) is 0 Å². The van der Waals surface area contributed by atoms with E-state index in [1.807, 2.05) is 0 Å². The van der Waals surface area contributed by atoms with Gasteiger partial charge in [-0.2, -0.15) is 5.10 Å². The third kappa shape index (κ3) is 2.26. The van der Waals surface area contributed by atoms with Gasteiger partial charge in [0.05, 0.1) is 18.1 Å². The molecule has 1 fully saturated rings. The van der Waals surface area contributed by atoms with Gasteiger partial charge in [0.25, 0.3) is 5.56 Å². The van der Waals surface area contributed by atoms with Crippen molar-refractivity contribution < 1.29 is 5.11 Å². The lowest BCUT2D eigenvalue weighted by Crippen LogP contribution is -2.24. The number of fused-ring (bicyclic) bond motifs is 1. The maximum Gasteiger partial charge on any atom is 0.279 e. The van der Waals surface area contributed by atoms with E-state index in [9.17, 15) is 9.90 Å². The van der Waals surface area contributed by atoms with Gasteiger partial charge in [-0.05, 0) is 5.92 Å². The minimum Gasteiger partial charge on any atom is -0.391 e. The van der Waals surface area contributed by atoms with Crippen LogP contribution in [0.3, 0.4) is 0 Å². The highest BCUT2D eigenvalue weighted by molar-refractivity contribution is 5.75. The van der Waals surface area contributed by atoms with Crippen molar-refractivity contribution >= 4 is 11.0 Å². The lowest BCUT2D eigenvalue weighted by atomic mass is 10.1. The summed E-state index contributed by atoms with van der Waals surface area (Å²) in [6, 6.07) is 0. The van der Waals surface area contributed by atoms with Crippen LogP contribution >= 0.6 is 0 Å². The second-order valence-electron chi connectivity index (χ2n) is 5.19. The zero-order valence-corrected chi connectivity index (χ0v) is 10.8. The molecular weight excluding hydrogens is 246 g/mol. The predicted octanol–water partition coefficient (Wildman–Crippen LogP) is -0.499. The van der Waals surface area contributed by atoms with Crippen LogP contribution in [0.15, 0.2) is 11.1 Å². The lowest BCUT2D eigenvalue weighted by Gasteiger charge is -2.13. The van der Waals surface area contributed by atoms with Crippen molar-refractivity contribution in [3.05, 3.63) is 22.4 Å². The first kappa shape index (κ1) is 12.3. The Kier molecular flexibility index (Phi) is 3.08. The Hall–Kier alpha value is -1.73. The van der Waals surface area contributed by atoms with Crippen LogP contribution < -0.4 is 5.56 Å². The van der Waals surface area contributed by atoms with E-state index in [2.05, 4.69) is 32.0 Å². The van der Waals surface area contributed by atoms with E-state index in [0.29, 0.717) is 23.5 Å². The zero-order chi connectivity index (χ0) is 13.4. The molecule has 0 unspecified atom stereocenters. The van der Waals surface area contributed by atoms with E-state index in [1.165, 1.54) is 6.33 Å². The van der Waals surface area contributed by atoms with E-state index < -0.39 is 0 Å². The number of hydrogen-bond acceptors (Lipinski definition) is 5. The summed E-state index contributed by atoms with van der Waals surface area (Å²) in [4.78, 5) is 20.4. The first-order valence-electron chi connectivity index (χ1n) is 6.46. The van der Waals surface area contributed by atoms with Gasteiger partial charge in [0.15, 0.2) is 5.52 Å². The Morgan fingerprint density at radius 3 is 3.05 bits per heavy atom. The van der Waals surface area contributed by atoms with Gasteiger partial charge in [0.2, 0.25) is 0 Å². The zero-order valence-electron chi connectivity index (χ0n) is 10.8. The Labute approximate surface area is 109 Å². The summed E-state index contributed by atoms with van der Waals surface area (Å²) >= 11 is 0. The Balaban J connectivity index is 1.73. The van der Waals surface area contributed by atoms with Crippen molar-refractivity contribution in [1.29, 1.82) is 0 Å². The minimum absolute atomic E-state index is 0.224. The third-order valence-corrected chi connectivity index (χ3v) is 3.74. The fourth-order valence-electron chi connectivity index (χ4n) is 2.57. The van der Waals surface area contributed by atoms with Gasteiger partial charge >= 0.3 is 0 Å². The van der Waals surface area contributed by atoms with Gasteiger partial charge < -0.3 is 15.0 Å². The highest BCUT2D eigenvalue weighted by Gasteiger charge is 2.27. The monoisotopic (exact) mass is 263 g/mol. The summed E-state index contributed by atoms with van der Waals surface area (Å²) in [5.41, 5.74) is 1.64. The molecule has 0 bridgehead atoms. The molecule has 3 heterocycles. The van der Waals surface area contributed by atoms with Gasteiger partial charge in [-0.3, -0.25) is 9.89 Å². The van der Waals surface area contributed by atoms with E-state index >= 15 is 0 Å². The number of rotatable bonds is 3. The van der Waals surface area contributed by atoms with Crippen molar-refractivity contribution in [1.82, 2.24) is 25.1 Å². The molecule has 2 atom stereocenters. The molecule has 0 radical (unpaired) electrons. The summed E-state index contributed by atoms with van der Waals surface area (Å²) in [6.45, 7) is 4.49.